The number of urea groups is 1. The Morgan fingerprint density at radius 1 is 1.12 bits per heavy atom. The number of hydrogen-bond donors (Lipinski definition) is 2. The van der Waals surface area contributed by atoms with E-state index >= 15 is 0 Å². The lowest BCUT2D eigenvalue weighted by Gasteiger charge is -2.20. The zero-order chi connectivity index (χ0) is 18.0. The van der Waals surface area contributed by atoms with E-state index < -0.39 is 0 Å². The maximum atomic E-state index is 12.1. The third-order valence-electron chi connectivity index (χ3n) is 5.15. The Morgan fingerprint density at radius 2 is 1.84 bits per heavy atom. The molecule has 2 aliphatic rings. The minimum atomic E-state index is -0.349. The monoisotopic (exact) mass is 343 g/mol. The lowest BCUT2D eigenvalue weighted by Crippen LogP contribution is -2.40. The number of carbonyl (C=O) groups is 3. The summed E-state index contributed by atoms with van der Waals surface area (Å²) in [7, 11) is 0. The quantitative estimate of drug-likeness (QED) is 0.853. The van der Waals surface area contributed by atoms with Crippen molar-refractivity contribution in [1.29, 1.82) is 0 Å². The highest BCUT2D eigenvalue weighted by Crippen LogP contribution is 2.40. The highest BCUT2D eigenvalue weighted by molar-refractivity contribution is 5.87. The molecule has 1 aliphatic heterocycles. The van der Waals surface area contributed by atoms with Crippen molar-refractivity contribution in [3.63, 3.8) is 0 Å². The van der Waals surface area contributed by atoms with E-state index in [0.717, 1.165) is 6.42 Å². The molecule has 3 rings (SSSR count). The van der Waals surface area contributed by atoms with Gasteiger partial charge in [-0.25, -0.2) is 4.79 Å². The van der Waals surface area contributed by atoms with Crippen molar-refractivity contribution in [2.24, 2.45) is 5.92 Å². The summed E-state index contributed by atoms with van der Waals surface area (Å²) in [4.78, 5) is 37.0. The number of carbonyl (C=O) groups excluding carboxylic acids is 3. The Labute approximate surface area is 148 Å². The molecule has 0 radical (unpaired) electrons. The molecule has 1 aliphatic carbocycles. The molecule has 1 saturated carbocycles. The maximum absolute atomic E-state index is 12.1. The zero-order valence-electron chi connectivity index (χ0n) is 14.7. The fourth-order valence-electron chi connectivity index (χ4n) is 3.68. The largest absolute Gasteiger partial charge is 0.338 e. The Bertz CT molecular complexity index is 639. The Kier molecular flexibility index (Phi) is 5.06. The van der Waals surface area contributed by atoms with Crippen molar-refractivity contribution in [3.8, 4) is 0 Å². The summed E-state index contributed by atoms with van der Waals surface area (Å²) in [6, 6.07) is 9.84. The molecule has 2 N–H and O–H groups in total. The predicted molar refractivity (Wildman–Crippen MR) is 94.1 cm³/mol. The van der Waals surface area contributed by atoms with Crippen LogP contribution in [-0.2, 0) is 9.59 Å². The topological polar surface area (TPSA) is 78.5 Å². The number of nitrogens with one attached hydrogen (secondary N) is 2. The summed E-state index contributed by atoms with van der Waals surface area (Å²) in [5.41, 5.74) is 1.25. The van der Waals surface area contributed by atoms with E-state index in [1.807, 2.05) is 18.2 Å². The lowest BCUT2D eigenvalue weighted by atomic mass is 10.0. The molecule has 134 valence electrons. The summed E-state index contributed by atoms with van der Waals surface area (Å²) in [6.07, 6.45) is 1.58. The molecule has 6 nitrogen and oxygen atoms in total. The number of Topliss-reactive ketones (excluding diaryl/α,β-unsaturated/α-hetero) is 1. The summed E-state index contributed by atoms with van der Waals surface area (Å²) in [5.74, 6) is 0.433. The normalized spacial score (nSPS) is 27.7. The molecule has 1 aromatic carbocycles. The van der Waals surface area contributed by atoms with Crippen LogP contribution in [0.4, 0.5) is 4.79 Å². The fourth-order valence-corrected chi connectivity index (χ4v) is 3.68. The number of amides is 3. The van der Waals surface area contributed by atoms with Gasteiger partial charge in [0.2, 0.25) is 5.91 Å². The van der Waals surface area contributed by atoms with Crippen LogP contribution < -0.4 is 10.6 Å². The van der Waals surface area contributed by atoms with E-state index in [4.69, 9.17) is 0 Å². The van der Waals surface area contributed by atoms with E-state index in [0.29, 0.717) is 25.4 Å². The number of likely N-dealkylation sites (tertiary alicyclic amines) is 1. The van der Waals surface area contributed by atoms with Crippen LogP contribution in [0.5, 0.6) is 0 Å². The van der Waals surface area contributed by atoms with Gasteiger partial charge < -0.3 is 15.5 Å². The molecule has 2 fully saturated rings. The molecule has 6 heteroatoms. The van der Waals surface area contributed by atoms with Crippen molar-refractivity contribution < 1.29 is 14.4 Å². The van der Waals surface area contributed by atoms with E-state index in [-0.39, 0.29) is 35.7 Å². The molecule has 0 spiro atoms. The molecule has 3 amide bonds. The van der Waals surface area contributed by atoms with Gasteiger partial charge >= 0.3 is 6.03 Å². The first-order valence-corrected chi connectivity index (χ1v) is 8.82. The van der Waals surface area contributed by atoms with Gasteiger partial charge in [-0.1, -0.05) is 30.3 Å². The molecule has 0 aromatic heterocycles. The van der Waals surface area contributed by atoms with Gasteiger partial charge in [-0.05, 0) is 31.2 Å². The molecule has 1 aromatic rings. The molecule has 1 saturated heterocycles. The summed E-state index contributed by atoms with van der Waals surface area (Å²) < 4.78 is 0. The fraction of sp³-hybridized carbons (Fsp3) is 0.526. The second-order valence-electron chi connectivity index (χ2n) is 7.11. The van der Waals surface area contributed by atoms with Crippen molar-refractivity contribution in [2.45, 2.75) is 44.7 Å². The summed E-state index contributed by atoms with van der Waals surface area (Å²) in [6.45, 7) is 3.99. The van der Waals surface area contributed by atoms with Crippen molar-refractivity contribution in [2.75, 3.05) is 13.1 Å². The number of ketones is 1. The second-order valence-corrected chi connectivity index (χ2v) is 7.11. The Hall–Kier alpha value is -2.37. The minimum absolute atomic E-state index is 0.00540. The van der Waals surface area contributed by atoms with Gasteiger partial charge in [-0.2, -0.15) is 0 Å². The van der Waals surface area contributed by atoms with Crippen molar-refractivity contribution >= 4 is 17.7 Å². The van der Waals surface area contributed by atoms with Gasteiger partial charge in [0.1, 0.15) is 0 Å². The third kappa shape index (κ3) is 4.18. The van der Waals surface area contributed by atoms with Gasteiger partial charge in [0.05, 0.1) is 6.04 Å². The first kappa shape index (κ1) is 17.5. The standard InChI is InChI=1S/C19H25N3O3/c1-12(23)18-8-14(11-22(18)13(2)24)10-20-19(25)21-17-9-16(17)15-6-4-3-5-7-15/h3-7,14,16-18H,8-11H2,1-2H3,(H2,20,21,25)/t14?,16?,17?,18-/m0/s1. The smallest absolute Gasteiger partial charge is 0.315 e. The summed E-state index contributed by atoms with van der Waals surface area (Å²) >= 11 is 0. The highest BCUT2D eigenvalue weighted by Gasteiger charge is 2.40. The first-order valence-electron chi connectivity index (χ1n) is 8.82. The zero-order valence-corrected chi connectivity index (χ0v) is 14.7. The van der Waals surface area contributed by atoms with Crippen LogP contribution in [0.25, 0.3) is 0 Å². The van der Waals surface area contributed by atoms with Crippen LogP contribution in [0.2, 0.25) is 0 Å². The summed E-state index contributed by atoms with van der Waals surface area (Å²) in [5, 5.41) is 5.88. The SMILES string of the molecule is CC(=O)[C@@H]1CC(CNC(=O)NC2CC2c2ccccc2)CN1C(C)=O. The van der Waals surface area contributed by atoms with E-state index in [2.05, 4.69) is 22.8 Å². The van der Waals surface area contributed by atoms with E-state index in [1.165, 1.54) is 19.4 Å². The van der Waals surface area contributed by atoms with Crippen LogP contribution >= 0.6 is 0 Å². The maximum Gasteiger partial charge on any atom is 0.315 e. The van der Waals surface area contributed by atoms with Gasteiger partial charge in [0.15, 0.2) is 5.78 Å². The molecule has 3 unspecified atom stereocenters. The van der Waals surface area contributed by atoms with Gasteiger partial charge in [-0.15, -0.1) is 0 Å². The second kappa shape index (κ2) is 7.25. The van der Waals surface area contributed by atoms with Crippen LogP contribution in [0, 0.1) is 5.92 Å². The van der Waals surface area contributed by atoms with Gasteiger partial charge in [0, 0.05) is 32.0 Å². The minimum Gasteiger partial charge on any atom is -0.338 e. The van der Waals surface area contributed by atoms with Crippen LogP contribution in [0.3, 0.4) is 0 Å². The van der Waals surface area contributed by atoms with E-state index in [9.17, 15) is 14.4 Å². The van der Waals surface area contributed by atoms with Crippen LogP contribution in [-0.4, -0.2) is 47.8 Å². The Morgan fingerprint density at radius 3 is 2.44 bits per heavy atom. The average molecular weight is 343 g/mol. The number of benzene rings is 1. The van der Waals surface area contributed by atoms with Crippen LogP contribution in [0.1, 0.15) is 38.2 Å². The predicted octanol–water partition coefficient (Wildman–Crippen LogP) is 1.67. The molecular weight excluding hydrogens is 318 g/mol. The van der Waals surface area contributed by atoms with Gasteiger partial charge in [-0.3, -0.25) is 9.59 Å². The molecule has 0 bridgehead atoms. The number of hydrogen-bond acceptors (Lipinski definition) is 3. The van der Waals surface area contributed by atoms with Crippen molar-refractivity contribution in [3.05, 3.63) is 35.9 Å². The first-order chi connectivity index (χ1) is 12.0. The highest BCUT2D eigenvalue weighted by atomic mass is 16.2. The molecular formula is C19H25N3O3. The van der Waals surface area contributed by atoms with Crippen LogP contribution in [0.15, 0.2) is 30.3 Å². The van der Waals surface area contributed by atoms with Crippen molar-refractivity contribution in [1.82, 2.24) is 15.5 Å². The Balaban J connectivity index is 1.43. The number of rotatable bonds is 5. The lowest BCUT2D eigenvalue weighted by molar-refractivity contribution is -0.135. The number of nitrogens with zero attached hydrogens (tertiary/aromatic N) is 1. The molecule has 1 heterocycles. The van der Waals surface area contributed by atoms with Gasteiger partial charge in [0.25, 0.3) is 0 Å². The molecule has 4 atom stereocenters. The third-order valence-corrected chi connectivity index (χ3v) is 5.15. The average Bonchev–Trinajstić information content (AvgIpc) is 3.19. The molecule has 25 heavy (non-hydrogen) atoms. The van der Waals surface area contributed by atoms with E-state index in [1.54, 1.807) is 4.90 Å².